The largest absolute Gasteiger partial charge is 0.326 e. The van der Waals surface area contributed by atoms with Crippen molar-refractivity contribution in [2.45, 2.75) is 6.54 Å². The maximum atomic E-state index is 10.9. The van der Waals surface area contributed by atoms with Crippen LogP contribution in [0, 0.1) is 0 Å². The molecule has 0 saturated carbocycles. The summed E-state index contributed by atoms with van der Waals surface area (Å²) >= 11 is 0. The van der Waals surface area contributed by atoms with Gasteiger partial charge in [-0.25, -0.2) is 0 Å². The molecule has 0 aliphatic carbocycles. The molecule has 3 nitrogen and oxygen atoms in total. The van der Waals surface area contributed by atoms with Crippen LogP contribution in [0.15, 0.2) is 23.1 Å². The topological polar surface area (TPSA) is 48.0 Å². The van der Waals surface area contributed by atoms with E-state index >= 15 is 0 Å². The molecule has 1 aromatic rings. The normalized spacial score (nSPS) is 8.17. The van der Waals surface area contributed by atoms with Gasteiger partial charge in [-0.2, -0.15) is 0 Å². The third-order valence-corrected chi connectivity index (χ3v) is 1.40. The van der Waals surface area contributed by atoms with Gasteiger partial charge in [-0.3, -0.25) is 4.79 Å². The number of hydrogen-bond acceptors (Lipinski definition) is 2. The van der Waals surface area contributed by atoms with Gasteiger partial charge in [0.25, 0.3) is 5.56 Å². The maximum absolute atomic E-state index is 10.9. The molecule has 0 fully saturated rings. The first-order valence-corrected chi connectivity index (χ1v) is 3.09. The third kappa shape index (κ3) is 3.26. The molecule has 0 atom stereocenters. The molecular weight excluding hydrogens is 199 g/mol. The Kier molecular flexibility index (Phi) is 7.09. The highest BCUT2D eigenvalue weighted by molar-refractivity contribution is 5.85. The molecule has 70 valence electrons. The van der Waals surface area contributed by atoms with E-state index in [0.717, 1.165) is 5.56 Å². The van der Waals surface area contributed by atoms with Gasteiger partial charge in [0.15, 0.2) is 0 Å². The number of halogens is 2. The van der Waals surface area contributed by atoms with E-state index in [0.29, 0.717) is 6.54 Å². The van der Waals surface area contributed by atoms with Crippen LogP contribution in [0.5, 0.6) is 0 Å². The summed E-state index contributed by atoms with van der Waals surface area (Å²) in [6.07, 6.45) is 1.71. The van der Waals surface area contributed by atoms with Gasteiger partial charge in [-0.15, -0.1) is 24.8 Å². The summed E-state index contributed by atoms with van der Waals surface area (Å²) in [6.45, 7) is 0.427. The van der Waals surface area contributed by atoms with Crippen molar-refractivity contribution in [3.63, 3.8) is 0 Å². The molecule has 0 radical (unpaired) electrons. The molecule has 1 rings (SSSR count). The number of aryl methyl sites for hydroxylation is 1. The number of pyridine rings is 1. The Morgan fingerprint density at radius 1 is 1.50 bits per heavy atom. The van der Waals surface area contributed by atoms with Gasteiger partial charge in [0.05, 0.1) is 0 Å². The van der Waals surface area contributed by atoms with E-state index in [-0.39, 0.29) is 30.4 Å². The van der Waals surface area contributed by atoms with Crippen LogP contribution in [0.25, 0.3) is 0 Å². The fourth-order valence-corrected chi connectivity index (χ4v) is 0.716. The van der Waals surface area contributed by atoms with Crippen LogP contribution in [0.1, 0.15) is 5.56 Å². The second-order valence-corrected chi connectivity index (χ2v) is 2.19. The summed E-state index contributed by atoms with van der Waals surface area (Å²) < 4.78 is 1.51. The molecule has 0 bridgehead atoms. The van der Waals surface area contributed by atoms with Crippen LogP contribution in [0.4, 0.5) is 0 Å². The van der Waals surface area contributed by atoms with Gasteiger partial charge in [0.1, 0.15) is 0 Å². The van der Waals surface area contributed by atoms with Crippen molar-refractivity contribution in [3.05, 3.63) is 34.2 Å². The van der Waals surface area contributed by atoms with Crippen molar-refractivity contribution in [1.29, 1.82) is 0 Å². The summed E-state index contributed by atoms with van der Waals surface area (Å²) in [7, 11) is 1.71. The number of aromatic nitrogens is 1. The zero-order valence-corrected chi connectivity index (χ0v) is 8.32. The van der Waals surface area contributed by atoms with E-state index in [1.165, 1.54) is 4.57 Å². The highest BCUT2D eigenvalue weighted by Crippen LogP contribution is 1.89. The molecule has 0 aliphatic rings. The highest BCUT2D eigenvalue weighted by atomic mass is 35.5. The second-order valence-electron chi connectivity index (χ2n) is 2.19. The number of nitrogens with two attached hydrogens (primary N) is 1. The van der Waals surface area contributed by atoms with Gasteiger partial charge in [-0.1, -0.05) is 0 Å². The molecule has 0 aromatic carbocycles. The standard InChI is InChI=1S/C7H10N2O.2ClH/c1-9-3-2-6(5-8)4-7(9)10;;/h2-4H,5,8H2,1H3;2*1H. The Hall–Kier alpha value is -0.510. The molecule has 1 aromatic heterocycles. The van der Waals surface area contributed by atoms with Gasteiger partial charge in [-0.05, 0) is 11.6 Å². The quantitative estimate of drug-likeness (QED) is 0.742. The average Bonchev–Trinajstić information content (AvgIpc) is 1.95. The van der Waals surface area contributed by atoms with Crippen LogP contribution >= 0.6 is 24.8 Å². The van der Waals surface area contributed by atoms with Crippen molar-refractivity contribution in [1.82, 2.24) is 4.57 Å². The average molecular weight is 211 g/mol. The molecule has 2 N–H and O–H groups in total. The van der Waals surface area contributed by atoms with Crippen molar-refractivity contribution in [2.75, 3.05) is 0 Å². The SMILES string of the molecule is Cl.Cl.Cn1ccc(CN)cc1=O. The molecule has 12 heavy (non-hydrogen) atoms. The number of rotatable bonds is 1. The van der Waals surface area contributed by atoms with Crippen LogP contribution in [-0.2, 0) is 13.6 Å². The first-order chi connectivity index (χ1) is 4.74. The molecule has 0 saturated heterocycles. The summed E-state index contributed by atoms with van der Waals surface area (Å²) in [5, 5.41) is 0. The van der Waals surface area contributed by atoms with Crippen molar-refractivity contribution < 1.29 is 0 Å². The molecule has 1 heterocycles. The fraction of sp³-hybridized carbons (Fsp3) is 0.286. The van der Waals surface area contributed by atoms with E-state index in [9.17, 15) is 4.79 Å². The van der Waals surface area contributed by atoms with Crippen LogP contribution in [-0.4, -0.2) is 4.57 Å². The third-order valence-electron chi connectivity index (χ3n) is 1.40. The van der Waals surface area contributed by atoms with E-state index in [2.05, 4.69) is 0 Å². The van der Waals surface area contributed by atoms with Crippen molar-refractivity contribution >= 4 is 24.8 Å². The molecule has 5 heteroatoms. The molecule has 0 unspecified atom stereocenters. The van der Waals surface area contributed by atoms with Gasteiger partial charge in [0.2, 0.25) is 0 Å². The molecule has 0 amide bonds. The van der Waals surface area contributed by atoms with Gasteiger partial charge >= 0.3 is 0 Å². The van der Waals surface area contributed by atoms with Gasteiger partial charge < -0.3 is 10.3 Å². The van der Waals surface area contributed by atoms with E-state index in [1.54, 1.807) is 19.3 Å². The zero-order chi connectivity index (χ0) is 7.56. The van der Waals surface area contributed by atoms with Crippen molar-refractivity contribution in [3.8, 4) is 0 Å². The second kappa shape index (κ2) is 6.06. The summed E-state index contributed by atoms with van der Waals surface area (Å²) in [5.74, 6) is 0. The van der Waals surface area contributed by atoms with Crippen molar-refractivity contribution in [2.24, 2.45) is 12.8 Å². The Balaban J connectivity index is 0. The molecule has 0 spiro atoms. The lowest BCUT2D eigenvalue weighted by atomic mass is 10.3. The Morgan fingerprint density at radius 3 is 2.50 bits per heavy atom. The maximum Gasteiger partial charge on any atom is 0.250 e. The minimum atomic E-state index is -0.0112. The lowest BCUT2D eigenvalue weighted by Gasteiger charge is -1.97. The Morgan fingerprint density at radius 2 is 2.08 bits per heavy atom. The number of hydrogen-bond donors (Lipinski definition) is 1. The smallest absolute Gasteiger partial charge is 0.250 e. The monoisotopic (exact) mass is 210 g/mol. The highest BCUT2D eigenvalue weighted by Gasteiger charge is 1.90. The molecule has 0 aliphatic heterocycles. The predicted molar refractivity (Wildman–Crippen MR) is 54.1 cm³/mol. The predicted octanol–water partition coefficient (Wildman–Crippen LogP) is 0.688. The minimum absolute atomic E-state index is 0. The minimum Gasteiger partial charge on any atom is -0.326 e. The lowest BCUT2D eigenvalue weighted by molar-refractivity contribution is 0.848. The Bertz CT molecular complexity index is 285. The fourth-order valence-electron chi connectivity index (χ4n) is 0.716. The van der Waals surface area contributed by atoms with Crippen LogP contribution in [0.2, 0.25) is 0 Å². The summed E-state index contributed by atoms with van der Waals surface area (Å²) in [5.41, 5.74) is 6.19. The summed E-state index contributed by atoms with van der Waals surface area (Å²) in [4.78, 5) is 10.9. The first kappa shape index (κ1) is 14.0. The first-order valence-electron chi connectivity index (χ1n) is 3.09. The van der Waals surface area contributed by atoms with Crippen LogP contribution in [0.3, 0.4) is 0 Å². The molecular formula is C7H12Cl2N2O. The zero-order valence-electron chi connectivity index (χ0n) is 6.69. The van der Waals surface area contributed by atoms with E-state index < -0.39 is 0 Å². The van der Waals surface area contributed by atoms with E-state index in [1.807, 2.05) is 6.07 Å². The van der Waals surface area contributed by atoms with Gasteiger partial charge in [0, 0.05) is 25.9 Å². The number of nitrogens with zero attached hydrogens (tertiary/aromatic N) is 1. The Labute approximate surface area is 83.4 Å². The lowest BCUT2D eigenvalue weighted by Crippen LogP contribution is -2.16. The van der Waals surface area contributed by atoms with Crippen LogP contribution < -0.4 is 11.3 Å². The summed E-state index contributed by atoms with van der Waals surface area (Å²) in [6, 6.07) is 3.38. The van der Waals surface area contributed by atoms with E-state index in [4.69, 9.17) is 5.73 Å².